The number of nitrogens with zero attached hydrogens (tertiary/aromatic N) is 1. The van der Waals surface area contributed by atoms with E-state index in [1.54, 1.807) is 12.1 Å². The Balaban J connectivity index is 1.66. The van der Waals surface area contributed by atoms with Crippen LogP contribution in [0, 0.1) is 0 Å². The highest BCUT2D eigenvalue weighted by Gasteiger charge is 2.14. The van der Waals surface area contributed by atoms with Crippen LogP contribution >= 0.6 is 0 Å². The van der Waals surface area contributed by atoms with E-state index in [1.165, 1.54) is 0 Å². The van der Waals surface area contributed by atoms with Crippen LogP contribution in [0.3, 0.4) is 0 Å². The molecule has 0 fully saturated rings. The van der Waals surface area contributed by atoms with E-state index in [1.807, 2.05) is 84.9 Å². The minimum absolute atomic E-state index is 0.0623. The average Bonchev–Trinajstić information content (AvgIpc) is 2.68. The van der Waals surface area contributed by atoms with Crippen LogP contribution in [-0.2, 0) is 6.54 Å². The summed E-state index contributed by atoms with van der Waals surface area (Å²) in [5.74, 6) is 1.50. The smallest absolute Gasteiger partial charge is 0.268 e. The molecule has 0 aliphatic heterocycles. The number of hydrogen-bond donors (Lipinski definition) is 1. The zero-order valence-electron chi connectivity index (χ0n) is 14.1. The summed E-state index contributed by atoms with van der Waals surface area (Å²) in [6.07, 6.45) is 0. The fourth-order valence-electron chi connectivity index (χ4n) is 2.46. The standard InChI is InChI=1S/C21H20N2O2/c1-22-23(21(24)18-8-4-2-5-9-18)16-17-12-14-20(15-13-17)25-19-10-6-3-7-11-19/h2-15,22H,16H2,1H3. The molecule has 0 radical (unpaired) electrons. The van der Waals surface area contributed by atoms with Crippen molar-refractivity contribution in [3.8, 4) is 11.5 Å². The van der Waals surface area contributed by atoms with E-state index >= 15 is 0 Å². The lowest BCUT2D eigenvalue weighted by Crippen LogP contribution is -2.39. The number of hydrazine groups is 1. The molecular weight excluding hydrogens is 312 g/mol. The lowest BCUT2D eigenvalue weighted by Gasteiger charge is -2.21. The SMILES string of the molecule is CNN(Cc1ccc(Oc2ccccc2)cc1)C(=O)c1ccccc1. The zero-order valence-corrected chi connectivity index (χ0v) is 14.1. The predicted molar refractivity (Wildman–Crippen MR) is 98.3 cm³/mol. The monoisotopic (exact) mass is 332 g/mol. The Morgan fingerprint density at radius 2 is 1.40 bits per heavy atom. The summed E-state index contributed by atoms with van der Waals surface area (Å²) < 4.78 is 5.79. The van der Waals surface area contributed by atoms with E-state index in [4.69, 9.17) is 4.74 Å². The molecule has 1 amide bonds. The van der Waals surface area contributed by atoms with Crippen LogP contribution in [0.4, 0.5) is 0 Å². The highest BCUT2D eigenvalue weighted by atomic mass is 16.5. The Morgan fingerprint density at radius 3 is 2.00 bits per heavy atom. The van der Waals surface area contributed by atoms with Crippen molar-refractivity contribution in [1.29, 1.82) is 0 Å². The van der Waals surface area contributed by atoms with Gasteiger partial charge in [0.25, 0.3) is 5.91 Å². The van der Waals surface area contributed by atoms with Crippen molar-refractivity contribution in [2.75, 3.05) is 7.05 Å². The normalized spacial score (nSPS) is 10.3. The Kier molecular flexibility index (Phi) is 5.44. The topological polar surface area (TPSA) is 41.6 Å². The molecule has 0 bridgehead atoms. The summed E-state index contributed by atoms with van der Waals surface area (Å²) in [5, 5.41) is 1.59. The van der Waals surface area contributed by atoms with Crippen molar-refractivity contribution in [3.63, 3.8) is 0 Å². The van der Waals surface area contributed by atoms with E-state index in [2.05, 4.69) is 5.43 Å². The summed E-state index contributed by atoms with van der Waals surface area (Å²) in [4.78, 5) is 12.5. The summed E-state index contributed by atoms with van der Waals surface area (Å²) in [6.45, 7) is 0.468. The second-order valence-corrected chi connectivity index (χ2v) is 5.54. The van der Waals surface area contributed by atoms with Gasteiger partial charge in [0.1, 0.15) is 11.5 Å². The minimum atomic E-state index is -0.0623. The molecule has 0 unspecified atom stereocenters. The van der Waals surface area contributed by atoms with Gasteiger partial charge in [-0.3, -0.25) is 9.80 Å². The van der Waals surface area contributed by atoms with Crippen molar-refractivity contribution in [1.82, 2.24) is 10.4 Å². The molecule has 0 aromatic heterocycles. The molecular formula is C21H20N2O2. The highest BCUT2D eigenvalue weighted by Crippen LogP contribution is 2.21. The highest BCUT2D eigenvalue weighted by molar-refractivity contribution is 5.93. The van der Waals surface area contributed by atoms with Gasteiger partial charge in [-0.05, 0) is 42.0 Å². The van der Waals surface area contributed by atoms with Crippen LogP contribution in [0.25, 0.3) is 0 Å². The van der Waals surface area contributed by atoms with Crippen molar-refractivity contribution in [2.24, 2.45) is 0 Å². The molecule has 0 saturated carbocycles. The quantitative estimate of drug-likeness (QED) is 0.686. The summed E-state index contributed by atoms with van der Waals surface area (Å²) in [7, 11) is 1.74. The fraction of sp³-hybridized carbons (Fsp3) is 0.0952. The van der Waals surface area contributed by atoms with Gasteiger partial charge in [-0.2, -0.15) is 0 Å². The van der Waals surface area contributed by atoms with Crippen LogP contribution in [0.2, 0.25) is 0 Å². The van der Waals surface area contributed by atoms with Crippen molar-refractivity contribution < 1.29 is 9.53 Å². The third-order valence-corrected chi connectivity index (χ3v) is 3.78. The number of carbonyl (C=O) groups is 1. The zero-order chi connectivity index (χ0) is 17.5. The largest absolute Gasteiger partial charge is 0.457 e. The number of rotatable bonds is 6. The van der Waals surface area contributed by atoms with Gasteiger partial charge in [0.2, 0.25) is 0 Å². The van der Waals surface area contributed by atoms with Crippen LogP contribution in [0.15, 0.2) is 84.9 Å². The van der Waals surface area contributed by atoms with E-state index in [9.17, 15) is 4.79 Å². The second-order valence-electron chi connectivity index (χ2n) is 5.54. The molecule has 0 aliphatic rings. The first-order chi connectivity index (χ1) is 12.3. The van der Waals surface area contributed by atoms with Gasteiger partial charge in [0.15, 0.2) is 0 Å². The van der Waals surface area contributed by atoms with Gasteiger partial charge in [-0.15, -0.1) is 0 Å². The fourth-order valence-corrected chi connectivity index (χ4v) is 2.46. The number of hydrogen-bond acceptors (Lipinski definition) is 3. The Bertz CT molecular complexity index is 802. The molecule has 0 saturated heterocycles. The van der Waals surface area contributed by atoms with Gasteiger partial charge in [0, 0.05) is 12.6 Å². The molecule has 0 atom stereocenters. The number of nitrogens with one attached hydrogen (secondary N) is 1. The lowest BCUT2D eigenvalue weighted by atomic mass is 10.2. The third-order valence-electron chi connectivity index (χ3n) is 3.78. The molecule has 1 N–H and O–H groups in total. The first-order valence-corrected chi connectivity index (χ1v) is 8.12. The van der Waals surface area contributed by atoms with Gasteiger partial charge < -0.3 is 4.74 Å². The van der Waals surface area contributed by atoms with Crippen LogP contribution in [0.5, 0.6) is 11.5 Å². The third kappa shape index (κ3) is 4.46. The molecule has 4 heteroatoms. The molecule has 0 heterocycles. The van der Waals surface area contributed by atoms with Gasteiger partial charge >= 0.3 is 0 Å². The molecule has 126 valence electrons. The maximum absolute atomic E-state index is 12.5. The summed E-state index contributed by atoms with van der Waals surface area (Å²) in [5.41, 5.74) is 4.62. The van der Waals surface area contributed by atoms with Gasteiger partial charge in [-0.25, -0.2) is 5.43 Å². The molecule has 3 aromatic rings. The molecule has 3 aromatic carbocycles. The number of para-hydroxylation sites is 1. The average molecular weight is 332 g/mol. The van der Waals surface area contributed by atoms with Gasteiger partial charge in [0.05, 0.1) is 6.54 Å². The Hall–Kier alpha value is -3.11. The van der Waals surface area contributed by atoms with Crippen LogP contribution < -0.4 is 10.2 Å². The maximum Gasteiger partial charge on any atom is 0.268 e. The summed E-state index contributed by atoms with van der Waals surface area (Å²) >= 11 is 0. The molecule has 0 aliphatic carbocycles. The molecule has 4 nitrogen and oxygen atoms in total. The van der Waals surface area contributed by atoms with Crippen molar-refractivity contribution in [2.45, 2.75) is 6.54 Å². The molecule has 25 heavy (non-hydrogen) atoms. The minimum Gasteiger partial charge on any atom is -0.457 e. The first kappa shape index (κ1) is 16.7. The number of amides is 1. The molecule has 3 rings (SSSR count). The second kappa shape index (κ2) is 8.13. The lowest BCUT2D eigenvalue weighted by molar-refractivity contribution is 0.0664. The number of benzene rings is 3. The molecule has 0 spiro atoms. The first-order valence-electron chi connectivity index (χ1n) is 8.12. The van der Waals surface area contributed by atoms with E-state index in [-0.39, 0.29) is 5.91 Å². The number of carbonyl (C=O) groups excluding carboxylic acids is 1. The van der Waals surface area contributed by atoms with Crippen molar-refractivity contribution in [3.05, 3.63) is 96.1 Å². The van der Waals surface area contributed by atoms with Crippen LogP contribution in [0.1, 0.15) is 15.9 Å². The predicted octanol–water partition coefficient (Wildman–Crippen LogP) is 4.26. The van der Waals surface area contributed by atoms with Crippen molar-refractivity contribution >= 4 is 5.91 Å². The van der Waals surface area contributed by atoms with E-state index < -0.39 is 0 Å². The Morgan fingerprint density at radius 1 is 0.840 bits per heavy atom. The van der Waals surface area contributed by atoms with E-state index in [0.29, 0.717) is 12.1 Å². The maximum atomic E-state index is 12.5. The summed E-state index contributed by atoms with van der Waals surface area (Å²) in [6, 6.07) is 26.6. The number of ether oxygens (including phenoxy) is 1. The van der Waals surface area contributed by atoms with E-state index in [0.717, 1.165) is 17.1 Å². The van der Waals surface area contributed by atoms with Gasteiger partial charge in [-0.1, -0.05) is 48.5 Å². The Labute approximate surface area is 147 Å². The van der Waals surface area contributed by atoms with Crippen LogP contribution in [-0.4, -0.2) is 18.0 Å².